The molecule has 1 aliphatic rings. The highest BCUT2D eigenvalue weighted by atomic mass is 35.5. The Bertz CT molecular complexity index is 1060. The number of aromatic nitrogens is 3. The van der Waals surface area contributed by atoms with E-state index in [2.05, 4.69) is 31.1 Å². The van der Waals surface area contributed by atoms with Crippen LogP contribution in [-0.2, 0) is 17.9 Å². The number of amides is 2. The minimum Gasteiger partial charge on any atom is -0.481 e. The van der Waals surface area contributed by atoms with E-state index >= 15 is 0 Å². The van der Waals surface area contributed by atoms with Gasteiger partial charge in [0.2, 0.25) is 5.88 Å². The van der Waals surface area contributed by atoms with Gasteiger partial charge in [0, 0.05) is 17.8 Å². The molecule has 2 N–H and O–H groups in total. The molecule has 1 aliphatic heterocycles. The zero-order chi connectivity index (χ0) is 21.5. The summed E-state index contributed by atoms with van der Waals surface area (Å²) in [5, 5.41) is 15.6. The molecule has 0 atom stereocenters. The van der Waals surface area contributed by atoms with Gasteiger partial charge in [0.25, 0.3) is 5.88 Å². The number of nitrogens with zero attached hydrogens (tertiary/aromatic N) is 6. The third kappa shape index (κ3) is 5.52. The topological polar surface area (TPSA) is 120 Å². The van der Waals surface area contributed by atoms with Gasteiger partial charge in [-0.15, -0.1) is 12.4 Å². The van der Waals surface area contributed by atoms with Crippen molar-refractivity contribution in [3.8, 4) is 5.88 Å². The number of halogens is 1. The number of carbonyl (C=O) groups excluding carboxylic acids is 1. The zero-order valence-electron chi connectivity index (χ0n) is 17.1. The van der Waals surface area contributed by atoms with E-state index in [1.165, 1.54) is 23.2 Å². The van der Waals surface area contributed by atoms with E-state index in [9.17, 15) is 4.79 Å². The van der Waals surface area contributed by atoms with Crippen LogP contribution in [0.15, 0.2) is 83.5 Å². The average Bonchev–Trinajstić information content (AvgIpc) is 3.35. The van der Waals surface area contributed by atoms with Crippen molar-refractivity contribution in [2.24, 2.45) is 10.3 Å². The third-order valence-electron chi connectivity index (χ3n) is 4.34. The fourth-order valence-corrected chi connectivity index (χ4v) is 2.78. The van der Waals surface area contributed by atoms with E-state index < -0.39 is 6.03 Å². The third-order valence-corrected chi connectivity index (χ3v) is 4.34. The molecule has 0 bridgehead atoms. The first-order chi connectivity index (χ1) is 15.2. The Morgan fingerprint density at radius 3 is 2.66 bits per heavy atom. The van der Waals surface area contributed by atoms with Gasteiger partial charge in [0.05, 0.1) is 37.9 Å². The van der Waals surface area contributed by atoms with Crippen LogP contribution in [0.1, 0.15) is 11.1 Å². The Morgan fingerprint density at radius 2 is 1.97 bits per heavy atom. The van der Waals surface area contributed by atoms with Crippen LogP contribution in [0.4, 0.5) is 10.5 Å². The predicted octanol–water partition coefficient (Wildman–Crippen LogP) is 3.56. The zero-order valence-corrected chi connectivity index (χ0v) is 17.9. The second-order valence-electron chi connectivity index (χ2n) is 6.45. The molecule has 1 aromatic carbocycles. The van der Waals surface area contributed by atoms with E-state index in [4.69, 9.17) is 9.47 Å². The molecular formula is C20H21ClN8O3. The number of benzene rings is 1. The van der Waals surface area contributed by atoms with E-state index in [0.717, 1.165) is 11.1 Å². The maximum atomic E-state index is 13.3. The standard InChI is InChI=1S/C20H20N8O3.ClH/c1-30-18-8-7-17(11-21-18)27(12-16-9-22-23-10-16)20(29)28-13-19(24-25-26-28)31-14-15-5-3-2-4-6-15;/h2-11,13H,12,14H2,1H3,(H,22,23)(H,24,26);1H. The van der Waals surface area contributed by atoms with Gasteiger partial charge in [-0.3, -0.25) is 10.00 Å². The number of H-pyrrole nitrogens is 1. The second kappa shape index (κ2) is 10.8. The molecule has 0 radical (unpaired) electrons. The molecule has 0 spiro atoms. The molecule has 3 aromatic rings. The minimum atomic E-state index is -0.410. The first-order valence-corrected chi connectivity index (χ1v) is 9.36. The maximum absolute atomic E-state index is 13.3. The lowest BCUT2D eigenvalue weighted by Gasteiger charge is -2.28. The summed E-state index contributed by atoms with van der Waals surface area (Å²) in [4.78, 5) is 19.0. The predicted molar refractivity (Wildman–Crippen MR) is 117 cm³/mol. The first-order valence-electron chi connectivity index (χ1n) is 9.36. The Labute approximate surface area is 190 Å². The van der Waals surface area contributed by atoms with Crippen LogP contribution in [0.5, 0.6) is 5.88 Å². The molecule has 12 heteroatoms. The summed E-state index contributed by atoms with van der Waals surface area (Å²) in [7, 11) is 1.53. The second-order valence-corrected chi connectivity index (χ2v) is 6.45. The molecular weight excluding hydrogens is 436 g/mol. The van der Waals surface area contributed by atoms with Crippen LogP contribution in [-0.4, -0.2) is 33.3 Å². The molecule has 2 aromatic heterocycles. The molecule has 0 aliphatic carbocycles. The minimum absolute atomic E-state index is 0. The fourth-order valence-electron chi connectivity index (χ4n) is 2.78. The number of nitrogens with one attached hydrogen (secondary N) is 2. The largest absolute Gasteiger partial charge is 0.481 e. The van der Waals surface area contributed by atoms with E-state index in [1.807, 2.05) is 30.3 Å². The Hall–Kier alpha value is -4.12. The number of methoxy groups -OCH3 is 1. The molecule has 4 rings (SSSR count). The lowest BCUT2D eigenvalue weighted by atomic mass is 10.2. The summed E-state index contributed by atoms with van der Waals surface area (Å²) >= 11 is 0. The summed E-state index contributed by atoms with van der Waals surface area (Å²) in [6, 6.07) is 12.6. The average molecular weight is 457 g/mol. The molecule has 0 unspecified atom stereocenters. The van der Waals surface area contributed by atoms with Gasteiger partial charge in [0.1, 0.15) is 6.61 Å². The quantitative estimate of drug-likeness (QED) is 0.560. The molecule has 0 fully saturated rings. The first kappa shape index (κ1) is 22.6. The summed E-state index contributed by atoms with van der Waals surface area (Å²) in [6.45, 7) is 0.557. The van der Waals surface area contributed by atoms with Gasteiger partial charge in [-0.25, -0.2) is 9.78 Å². The number of anilines is 1. The van der Waals surface area contributed by atoms with Crippen molar-refractivity contribution in [3.63, 3.8) is 0 Å². The number of hydrazine groups is 1. The number of ether oxygens (including phenoxy) is 2. The lowest BCUT2D eigenvalue weighted by molar-refractivity contribution is 0.157. The van der Waals surface area contributed by atoms with Gasteiger partial charge in [-0.1, -0.05) is 35.4 Å². The molecule has 32 heavy (non-hydrogen) atoms. The molecule has 11 nitrogen and oxygen atoms in total. The van der Waals surface area contributed by atoms with Gasteiger partial charge < -0.3 is 9.47 Å². The normalized spacial score (nSPS) is 12.3. The van der Waals surface area contributed by atoms with Crippen molar-refractivity contribution >= 4 is 24.1 Å². The molecule has 0 saturated carbocycles. The summed E-state index contributed by atoms with van der Waals surface area (Å²) < 4.78 is 10.8. The van der Waals surface area contributed by atoms with Crippen LogP contribution in [0.3, 0.4) is 0 Å². The highest BCUT2D eigenvalue weighted by molar-refractivity contribution is 5.92. The number of hydrogen-bond donors (Lipinski definition) is 2. The number of carbonyl (C=O) groups is 1. The Kier molecular flexibility index (Phi) is 7.60. The highest BCUT2D eigenvalue weighted by Crippen LogP contribution is 2.21. The van der Waals surface area contributed by atoms with Crippen LogP contribution in [0.2, 0.25) is 0 Å². The monoisotopic (exact) mass is 456 g/mol. The number of hydrogen-bond acceptors (Lipinski definition) is 8. The van der Waals surface area contributed by atoms with Gasteiger partial charge in [0.15, 0.2) is 0 Å². The van der Waals surface area contributed by atoms with Crippen LogP contribution < -0.4 is 15.2 Å². The van der Waals surface area contributed by atoms with Crippen molar-refractivity contribution in [2.45, 2.75) is 13.2 Å². The summed E-state index contributed by atoms with van der Waals surface area (Å²) in [6.07, 6.45) is 6.35. The number of pyridine rings is 1. The molecule has 166 valence electrons. The van der Waals surface area contributed by atoms with Crippen molar-refractivity contribution < 1.29 is 14.3 Å². The number of aromatic amines is 1. The van der Waals surface area contributed by atoms with Crippen LogP contribution in [0.25, 0.3) is 0 Å². The Morgan fingerprint density at radius 1 is 1.12 bits per heavy atom. The van der Waals surface area contributed by atoms with E-state index in [-0.39, 0.29) is 24.8 Å². The summed E-state index contributed by atoms with van der Waals surface area (Å²) in [5.74, 6) is 0.646. The molecule has 2 amide bonds. The molecule has 3 heterocycles. The van der Waals surface area contributed by atoms with Crippen molar-refractivity contribution in [1.29, 1.82) is 0 Å². The molecule has 0 saturated heterocycles. The maximum Gasteiger partial charge on any atom is 0.349 e. The number of urea groups is 1. The van der Waals surface area contributed by atoms with Crippen molar-refractivity contribution in [2.75, 3.05) is 12.0 Å². The van der Waals surface area contributed by atoms with Gasteiger partial charge in [-0.05, 0) is 16.9 Å². The fraction of sp³-hybridized carbons (Fsp3) is 0.150. The Balaban J connectivity index is 0.00000289. The summed E-state index contributed by atoms with van der Waals surface area (Å²) in [5.41, 5.74) is 4.93. The van der Waals surface area contributed by atoms with Crippen LogP contribution in [0, 0.1) is 0 Å². The van der Waals surface area contributed by atoms with Crippen molar-refractivity contribution in [3.05, 3.63) is 84.3 Å². The smallest absolute Gasteiger partial charge is 0.349 e. The van der Waals surface area contributed by atoms with E-state index in [0.29, 0.717) is 18.2 Å². The van der Waals surface area contributed by atoms with Crippen molar-refractivity contribution in [1.82, 2.24) is 25.7 Å². The van der Waals surface area contributed by atoms with Gasteiger partial charge in [-0.2, -0.15) is 15.6 Å². The van der Waals surface area contributed by atoms with Crippen LogP contribution >= 0.6 is 12.4 Å². The van der Waals surface area contributed by atoms with Gasteiger partial charge >= 0.3 is 6.03 Å². The van der Waals surface area contributed by atoms with E-state index in [1.54, 1.807) is 30.7 Å². The SMILES string of the molecule is COc1ccc(N(Cc2cn[nH]c2)C(=O)N2C=C(OCc3ccccc3)N=NN2)cn1.Cl. The lowest BCUT2D eigenvalue weighted by Crippen LogP contribution is -2.46. The number of rotatable bonds is 7. The highest BCUT2D eigenvalue weighted by Gasteiger charge is 2.25.